The summed E-state index contributed by atoms with van der Waals surface area (Å²) in [5.74, 6) is 0.715. The quantitative estimate of drug-likeness (QED) is 0.398. The second kappa shape index (κ2) is 11.4. The molecule has 0 aliphatic carbocycles. The molecule has 1 unspecified atom stereocenters. The molecular formula is C14H22F2IN3O2. The Labute approximate surface area is 146 Å². The molecule has 22 heavy (non-hydrogen) atoms. The van der Waals surface area contributed by atoms with Crippen molar-refractivity contribution in [2.75, 3.05) is 20.8 Å². The van der Waals surface area contributed by atoms with Gasteiger partial charge in [0, 0.05) is 32.3 Å². The lowest BCUT2D eigenvalue weighted by Gasteiger charge is -2.18. The van der Waals surface area contributed by atoms with E-state index < -0.39 is 6.61 Å². The molecule has 0 aliphatic rings. The summed E-state index contributed by atoms with van der Waals surface area (Å²) in [4.78, 5) is 4.07. The number of aliphatic imine (C=N–C) groups is 1. The van der Waals surface area contributed by atoms with Crippen LogP contribution in [0.5, 0.6) is 5.75 Å². The Morgan fingerprint density at radius 3 is 2.59 bits per heavy atom. The minimum atomic E-state index is -2.84. The molecule has 5 nitrogen and oxygen atoms in total. The topological polar surface area (TPSA) is 54.9 Å². The average Bonchev–Trinajstić information content (AvgIpc) is 2.44. The predicted molar refractivity (Wildman–Crippen MR) is 93.2 cm³/mol. The standard InChI is InChI=1S/C14H21F2N3O2.HI/c1-10(9-20-3)19-14(17-2)18-8-11-6-4-5-7-12(11)21-13(15)16;/h4-7,10,13H,8-9H2,1-3H3,(H2,17,18,19);1H. The van der Waals surface area contributed by atoms with Crippen LogP contribution in [0.4, 0.5) is 8.78 Å². The summed E-state index contributed by atoms with van der Waals surface area (Å²) in [6.45, 7) is -0.0385. The van der Waals surface area contributed by atoms with Crippen LogP contribution >= 0.6 is 24.0 Å². The molecule has 1 atom stereocenters. The van der Waals surface area contributed by atoms with Gasteiger partial charge in [-0.25, -0.2) is 0 Å². The third kappa shape index (κ3) is 7.74. The Morgan fingerprint density at radius 1 is 1.32 bits per heavy atom. The van der Waals surface area contributed by atoms with Gasteiger partial charge in [-0.15, -0.1) is 24.0 Å². The van der Waals surface area contributed by atoms with Crippen LogP contribution in [0.3, 0.4) is 0 Å². The lowest BCUT2D eigenvalue weighted by Crippen LogP contribution is -2.43. The fraction of sp³-hybridized carbons (Fsp3) is 0.500. The van der Waals surface area contributed by atoms with Gasteiger partial charge in [0.15, 0.2) is 5.96 Å². The van der Waals surface area contributed by atoms with Crippen LogP contribution < -0.4 is 15.4 Å². The highest BCUT2D eigenvalue weighted by Gasteiger charge is 2.10. The Morgan fingerprint density at radius 2 is 2.00 bits per heavy atom. The Hall–Kier alpha value is -1.16. The summed E-state index contributed by atoms with van der Waals surface area (Å²) in [5, 5.41) is 6.17. The molecule has 0 amide bonds. The first-order chi connectivity index (χ1) is 10.1. The van der Waals surface area contributed by atoms with E-state index >= 15 is 0 Å². The fourth-order valence-electron chi connectivity index (χ4n) is 1.76. The number of nitrogens with zero attached hydrogens (tertiary/aromatic N) is 1. The number of rotatable bonds is 7. The van der Waals surface area contributed by atoms with Crippen molar-refractivity contribution >= 4 is 29.9 Å². The largest absolute Gasteiger partial charge is 0.434 e. The van der Waals surface area contributed by atoms with Crippen molar-refractivity contribution < 1.29 is 18.3 Å². The molecule has 8 heteroatoms. The highest BCUT2D eigenvalue weighted by atomic mass is 127. The van der Waals surface area contributed by atoms with Crippen LogP contribution in [0.2, 0.25) is 0 Å². The third-order valence-electron chi connectivity index (χ3n) is 2.66. The normalized spacial score (nSPS) is 12.5. The molecule has 0 heterocycles. The average molecular weight is 429 g/mol. The van der Waals surface area contributed by atoms with Crippen molar-refractivity contribution in [3.05, 3.63) is 29.8 Å². The van der Waals surface area contributed by atoms with E-state index in [-0.39, 0.29) is 35.8 Å². The summed E-state index contributed by atoms with van der Waals surface area (Å²) >= 11 is 0. The number of alkyl halides is 2. The van der Waals surface area contributed by atoms with E-state index in [9.17, 15) is 8.78 Å². The van der Waals surface area contributed by atoms with Gasteiger partial charge in [0.25, 0.3) is 0 Å². The fourth-order valence-corrected chi connectivity index (χ4v) is 1.76. The highest BCUT2D eigenvalue weighted by molar-refractivity contribution is 14.0. The molecule has 0 saturated carbocycles. The molecule has 2 N–H and O–H groups in total. The van der Waals surface area contributed by atoms with Crippen LogP contribution in [0.25, 0.3) is 0 Å². The molecule has 0 aromatic heterocycles. The minimum Gasteiger partial charge on any atom is -0.434 e. The Bertz CT molecular complexity index is 461. The van der Waals surface area contributed by atoms with Crippen LogP contribution in [-0.2, 0) is 11.3 Å². The molecule has 1 aromatic carbocycles. The predicted octanol–water partition coefficient (Wildman–Crippen LogP) is 2.61. The number of hydrogen-bond donors (Lipinski definition) is 2. The number of methoxy groups -OCH3 is 1. The van der Waals surface area contributed by atoms with Gasteiger partial charge < -0.3 is 20.1 Å². The minimum absolute atomic E-state index is 0. The van der Waals surface area contributed by atoms with Crippen molar-refractivity contribution in [2.24, 2.45) is 4.99 Å². The van der Waals surface area contributed by atoms with E-state index in [4.69, 9.17) is 4.74 Å². The van der Waals surface area contributed by atoms with Gasteiger partial charge in [0.05, 0.1) is 6.61 Å². The molecule has 0 saturated heterocycles. The van der Waals surface area contributed by atoms with E-state index in [1.807, 2.05) is 6.92 Å². The molecule has 1 aromatic rings. The molecular weight excluding hydrogens is 407 g/mol. The van der Waals surface area contributed by atoms with Gasteiger partial charge >= 0.3 is 6.61 Å². The van der Waals surface area contributed by atoms with Crippen molar-refractivity contribution in [3.8, 4) is 5.75 Å². The number of hydrogen-bond acceptors (Lipinski definition) is 3. The lowest BCUT2D eigenvalue weighted by molar-refractivity contribution is -0.0504. The van der Waals surface area contributed by atoms with Gasteiger partial charge in [0.2, 0.25) is 0 Å². The number of guanidine groups is 1. The van der Waals surface area contributed by atoms with Crippen molar-refractivity contribution in [3.63, 3.8) is 0 Å². The monoisotopic (exact) mass is 429 g/mol. The van der Waals surface area contributed by atoms with Gasteiger partial charge in [-0.05, 0) is 13.0 Å². The molecule has 0 fully saturated rings. The maximum atomic E-state index is 12.3. The number of ether oxygens (including phenoxy) is 2. The SMILES string of the molecule is CN=C(NCc1ccccc1OC(F)F)NC(C)COC.I. The molecule has 0 radical (unpaired) electrons. The van der Waals surface area contributed by atoms with Crippen molar-refractivity contribution in [2.45, 2.75) is 26.1 Å². The molecule has 1 rings (SSSR count). The lowest BCUT2D eigenvalue weighted by atomic mass is 10.2. The first-order valence-electron chi connectivity index (χ1n) is 6.55. The maximum absolute atomic E-state index is 12.3. The van der Waals surface area contributed by atoms with Gasteiger partial charge in [0.1, 0.15) is 5.75 Å². The van der Waals surface area contributed by atoms with E-state index in [1.54, 1.807) is 32.4 Å². The zero-order chi connectivity index (χ0) is 15.7. The first-order valence-corrected chi connectivity index (χ1v) is 6.55. The second-order valence-corrected chi connectivity index (χ2v) is 4.41. The van der Waals surface area contributed by atoms with Crippen LogP contribution in [0, 0.1) is 0 Å². The number of benzene rings is 1. The second-order valence-electron chi connectivity index (χ2n) is 4.41. The molecule has 0 bridgehead atoms. The molecule has 0 spiro atoms. The summed E-state index contributed by atoms with van der Waals surface area (Å²) in [6.07, 6.45) is 0. The smallest absolute Gasteiger partial charge is 0.387 e. The van der Waals surface area contributed by atoms with E-state index in [0.29, 0.717) is 24.7 Å². The number of para-hydroxylation sites is 1. The van der Waals surface area contributed by atoms with Gasteiger partial charge in [-0.2, -0.15) is 8.78 Å². The number of nitrogens with one attached hydrogen (secondary N) is 2. The number of halogens is 3. The zero-order valence-corrected chi connectivity index (χ0v) is 15.1. The summed E-state index contributed by atoms with van der Waals surface area (Å²) < 4.78 is 34.2. The highest BCUT2D eigenvalue weighted by Crippen LogP contribution is 2.19. The van der Waals surface area contributed by atoms with E-state index in [1.165, 1.54) is 6.07 Å². The Balaban J connectivity index is 0.00000441. The van der Waals surface area contributed by atoms with Gasteiger partial charge in [-0.1, -0.05) is 18.2 Å². The van der Waals surface area contributed by atoms with E-state index in [2.05, 4.69) is 20.4 Å². The maximum Gasteiger partial charge on any atom is 0.387 e. The third-order valence-corrected chi connectivity index (χ3v) is 2.66. The molecule has 126 valence electrons. The first kappa shape index (κ1) is 20.8. The van der Waals surface area contributed by atoms with Gasteiger partial charge in [-0.3, -0.25) is 4.99 Å². The van der Waals surface area contributed by atoms with Crippen molar-refractivity contribution in [1.29, 1.82) is 0 Å². The zero-order valence-electron chi connectivity index (χ0n) is 12.8. The summed E-state index contributed by atoms with van der Waals surface area (Å²) in [5.41, 5.74) is 0.625. The Kier molecular flexibility index (Phi) is 10.8. The molecule has 0 aliphatic heterocycles. The van der Waals surface area contributed by atoms with Crippen LogP contribution in [0.15, 0.2) is 29.3 Å². The summed E-state index contributed by atoms with van der Waals surface area (Å²) in [7, 11) is 3.25. The van der Waals surface area contributed by atoms with Crippen molar-refractivity contribution in [1.82, 2.24) is 10.6 Å². The van der Waals surface area contributed by atoms with Crippen LogP contribution in [-0.4, -0.2) is 39.4 Å². The van der Waals surface area contributed by atoms with Crippen LogP contribution in [0.1, 0.15) is 12.5 Å². The van der Waals surface area contributed by atoms with E-state index in [0.717, 1.165) is 0 Å². The summed E-state index contributed by atoms with van der Waals surface area (Å²) in [6, 6.07) is 6.71.